The summed E-state index contributed by atoms with van der Waals surface area (Å²) in [6, 6.07) is 21.4. The average molecular weight is 429 g/mol. The van der Waals surface area contributed by atoms with E-state index in [0.717, 1.165) is 27.4 Å². The molecule has 1 aliphatic heterocycles. The van der Waals surface area contributed by atoms with Crippen molar-refractivity contribution in [3.63, 3.8) is 0 Å². The lowest BCUT2D eigenvalue weighted by atomic mass is 10.1. The lowest BCUT2D eigenvalue weighted by Crippen LogP contribution is -2.41. The summed E-state index contributed by atoms with van der Waals surface area (Å²) in [5, 5.41) is 3.01. The van der Waals surface area contributed by atoms with Crippen molar-refractivity contribution >= 4 is 40.7 Å². The summed E-state index contributed by atoms with van der Waals surface area (Å²) < 4.78 is 1.87. The molecule has 0 aliphatic carbocycles. The molecule has 0 atom stereocenters. The third kappa shape index (κ3) is 3.68. The zero-order valence-electron chi connectivity index (χ0n) is 16.9. The van der Waals surface area contributed by atoms with Crippen molar-refractivity contribution in [1.29, 1.82) is 0 Å². The summed E-state index contributed by atoms with van der Waals surface area (Å²) in [4.78, 5) is 32.9. The molecular weight excluding hydrogens is 408 g/mol. The van der Waals surface area contributed by atoms with E-state index in [-0.39, 0.29) is 18.4 Å². The number of hydrogen-bond donors (Lipinski definition) is 1. The van der Waals surface area contributed by atoms with Crippen LogP contribution in [0.4, 0.5) is 11.5 Å². The van der Waals surface area contributed by atoms with Gasteiger partial charge in [-0.25, -0.2) is 4.98 Å². The first-order valence-corrected chi connectivity index (χ1v) is 10.9. The number of imidazole rings is 1. The van der Waals surface area contributed by atoms with Crippen LogP contribution in [0.3, 0.4) is 0 Å². The largest absolute Gasteiger partial charge is 0.308 e. The molecule has 6 nitrogen and oxygen atoms in total. The van der Waals surface area contributed by atoms with Gasteiger partial charge in [0.05, 0.1) is 11.4 Å². The molecule has 0 unspecified atom stereocenters. The molecule has 0 radical (unpaired) electrons. The lowest BCUT2D eigenvalue weighted by Gasteiger charge is -2.28. The molecule has 0 spiro atoms. The molecule has 0 saturated heterocycles. The highest BCUT2D eigenvalue weighted by Gasteiger charge is 2.27. The predicted molar refractivity (Wildman–Crippen MR) is 124 cm³/mol. The third-order valence-electron chi connectivity index (χ3n) is 5.20. The summed E-state index contributed by atoms with van der Waals surface area (Å²) in [5.41, 5.74) is 4.22. The minimum absolute atomic E-state index is 0.0519. The molecule has 0 saturated carbocycles. The van der Waals surface area contributed by atoms with Gasteiger partial charge in [-0.05, 0) is 36.8 Å². The molecule has 1 aliphatic rings. The Morgan fingerprint density at radius 1 is 1.10 bits per heavy atom. The number of nitrogens with zero attached hydrogens (tertiary/aromatic N) is 3. The number of benzene rings is 2. The SMILES string of the molecule is Cc1ccn2c(NC(=O)CN3C(=O)CSc4ccccc43)c(-c3ccccc3)nc2c1. The van der Waals surface area contributed by atoms with Crippen LogP contribution >= 0.6 is 11.8 Å². The molecule has 2 aromatic heterocycles. The van der Waals surface area contributed by atoms with Crippen molar-refractivity contribution in [2.75, 3.05) is 22.5 Å². The highest BCUT2D eigenvalue weighted by molar-refractivity contribution is 8.00. The number of carbonyl (C=O) groups is 2. The highest BCUT2D eigenvalue weighted by atomic mass is 32.2. The number of aryl methyl sites for hydroxylation is 1. The van der Waals surface area contributed by atoms with Crippen molar-refractivity contribution in [2.45, 2.75) is 11.8 Å². The Morgan fingerprint density at radius 3 is 2.71 bits per heavy atom. The van der Waals surface area contributed by atoms with Crippen LogP contribution in [0.5, 0.6) is 0 Å². The number of carbonyl (C=O) groups excluding carboxylic acids is 2. The molecule has 2 amide bonds. The fourth-order valence-electron chi connectivity index (χ4n) is 3.71. The monoisotopic (exact) mass is 428 g/mol. The van der Waals surface area contributed by atoms with Crippen LogP contribution < -0.4 is 10.2 Å². The first kappa shape index (κ1) is 19.4. The number of para-hydroxylation sites is 1. The molecule has 154 valence electrons. The molecule has 0 bridgehead atoms. The van der Waals surface area contributed by atoms with Gasteiger partial charge in [-0.1, -0.05) is 42.5 Å². The van der Waals surface area contributed by atoms with E-state index in [9.17, 15) is 9.59 Å². The number of amides is 2. The van der Waals surface area contributed by atoms with Crippen molar-refractivity contribution in [3.8, 4) is 11.3 Å². The van der Waals surface area contributed by atoms with Crippen molar-refractivity contribution in [3.05, 3.63) is 78.5 Å². The van der Waals surface area contributed by atoms with E-state index in [1.807, 2.05) is 84.3 Å². The Hall–Kier alpha value is -3.58. The summed E-state index contributed by atoms with van der Waals surface area (Å²) in [7, 11) is 0. The van der Waals surface area contributed by atoms with E-state index in [2.05, 4.69) is 5.32 Å². The molecule has 1 N–H and O–H groups in total. The van der Waals surface area contributed by atoms with E-state index < -0.39 is 0 Å². The number of fused-ring (bicyclic) bond motifs is 2. The number of nitrogens with one attached hydrogen (secondary N) is 1. The van der Waals surface area contributed by atoms with Gasteiger partial charge in [-0.15, -0.1) is 11.8 Å². The Kier molecular flexibility index (Phi) is 4.95. The third-order valence-corrected chi connectivity index (χ3v) is 6.24. The number of aromatic nitrogens is 2. The summed E-state index contributed by atoms with van der Waals surface area (Å²) in [6.45, 7) is 1.95. The number of pyridine rings is 1. The lowest BCUT2D eigenvalue weighted by molar-refractivity contribution is -0.120. The van der Waals surface area contributed by atoms with E-state index in [4.69, 9.17) is 4.98 Å². The summed E-state index contributed by atoms with van der Waals surface area (Å²) in [6.07, 6.45) is 1.90. The zero-order chi connectivity index (χ0) is 21.4. The molecular formula is C24H20N4O2S. The normalized spacial score (nSPS) is 13.3. The summed E-state index contributed by atoms with van der Waals surface area (Å²) >= 11 is 1.50. The van der Waals surface area contributed by atoms with E-state index in [0.29, 0.717) is 17.3 Å². The highest BCUT2D eigenvalue weighted by Crippen LogP contribution is 2.35. The topological polar surface area (TPSA) is 66.7 Å². The van der Waals surface area contributed by atoms with Gasteiger partial charge >= 0.3 is 0 Å². The van der Waals surface area contributed by atoms with Crippen LogP contribution in [-0.2, 0) is 9.59 Å². The fraction of sp³-hybridized carbons (Fsp3) is 0.125. The quantitative estimate of drug-likeness (QED) is 0.524. The first-order valence-electron chi connectivity index (χ1n) is 9.96. The van der Waals surface area contributed by atoms with Crippen LogP contribution in [0.15, 0.2) is 77.8 Å². The van der Waals surface area contributed by atoms with Crippen molar-refractivity contribution in [1.82, 2.24) is 9.38 Å². The van der Waals surface area contributed by atoms with Crippen LogP contribution in [0.1, 0.15) is 5.56 Å². The second-order valence-electron chi connectivity index (χ2n) is 7.39. The Labute approximate surface area is 183 Å². The molecule has 0 fully saturated rings. The Bertz CT molecular complexity index is 1300. The van der Waals surface area contributed by atoms with E-state index in [1.54, 1.807) is 4.90 Å². The standard InChI is InChI=1S/C24H20N4O2S/c1-16-11-12-27-20(13-16)25-23(17-7-3-2-4-8-17)24(27)26-21(29)14-28-18-9-5-6-10-19(18)31-15-22(28)30/h2-13H,14-15H2,1H3,(H,26,29). The van der Waals surface area contributed by atoms with Gasteiger partial charge in [-0.2, -0.15) is 0 Å². The van der Waals surface area contributed by atoms with Crippen molar-refractivity contribution in [2.24, 2.45) is 0 Å². The van der Waals surface area contributed by atoms with Gasteiger partial charge in [0.15, 0.2) is 0 Å². The zero-order valence-corrected chi connectivity index (χ0v) is 17.7. The van der Waals surface area contributed by atoms with E-state index >= 15 is 0 Å². The van der Waals surface area contributed by atoms with Gasteiger partial charge in [0.1, 0.15) is 23.7 Å². The van der Waals surface area contributed by atoms with Crippen LogP contribution in [0, 0.1) is 6.92 Å². The molecule has 31 heavy (non-hydrogen) atoms. The van der Waals surface area contributed by atoms with Gasteiger partial charge in [0.2, 0.25) is 11.8 Å². The molecule has 7 heteroatoms. The molecule has 2 aromatic carbocycles. The van der Waals surface area contributed by atoms with Crippen LogP contribution in [-0.4, -0.2) is 33.5 Å². The second-order valence-corrected chi connectivity index (χ2v) is 8.41. The second kappa shape index (κ2) is 7.92. The van der Waals surface area contributed by atoms with Crippen molar-refractivity contribution < 1.29 is 9.59 Å². The molecule has 5 rings (SSSR count). The number of anilines is 2. The predicted octanol–water partition coefficient (Wildman–Crippen LogP) is 4.39. The fourth-order valence-corrected chi connectivity index (χ4v) is 4.64. The number of rotatable bonds is 4. The Balaban J connectivity index is 1.49. The van der Waals surface area contributed by atoms with Crippen LogP contribution in [0.2, 0.25) is 0 Å². The minimum atomic E-state index is -0.269. The number of hydrogen-bond acceptors (Lipinski definition) is 4. The smallest absolute Gasteiger partial charge is 0.245 e. The Morgan fingerprint density at radius 2 is 1.87 bits per heavy atom. The van der Waals surface area contributed by atoms with Crippen LogP contribution in [0.25, 0.3) is 16.9 Å². The van der Waals surface area contributed by atoms with E-state index in [1.165, 1.54) is 11.8 Å². The van der Waals surface area contributed by atoms with Gasteiger partial charge in [0.25, 0.3) is 0 Å². The number of thioether (sulfide) groups is 1. The maximum Gasteiger partial charge on any atom is 0.245 e. The average Bonchev–Trinajstić information content (AvgIpc) is 3.13. The molecule has 4 aromatic rings. The first-order chi connectivity index (χ1) is 15.1. The maximum atomic E-state index is 13.1. The van der Waals surface area contributed by atoms with Gasteiger partial charge < -0.3 is 10.2 Å². The summed E-state index contributed by atoms with van der Waals surface area (Å²) in [5.74, 6) is 0.581. The van der Waals surface area contributed by atoms with Gasteiger partial charge in [0, 0.05) is 16.7 Å². The van der Waals surface area contributed by atoms with Gasteiger partial charge in [-0.3, -0.25) is 14.0 Å². The molecule has 3 heterocycles. The minimum Gasteiger partial charge on any atom is -0.308 e. The maximum absolute atomic E-state index is 13.1.